The van der Waals surface area contributed by atoms with E-state index in [4.69, 9.17) is 4.74 Å². The molecule has 0 spiro atoms. The Balaban J connectivity index is 1.82. The van der Waals surface area contributed by atoms with Gasteiger partial charge in [0.25, 0.3) is 11.2 Å². The highest BCUT2D eigenvalue weighted by Gasteiger charge is 2.20. The monoisotopic (exact) mass is 448 g/mol. The van der Waals surface area contributed by atoms with Gasteiger partial charge in [-0.25, -0.2) is 4.68 Å². The van der Waals surface area contributed by atoms with Gasteiger partial charge in [-0.2, -0.15) is 0 Å². The number of methoxy groups -OCH3 is 1. The summed E-state index contributed by atoms with van der Waals surface area (Å²) in [5.74, 6) is 0.704. The van der Waals surface area contributed by atoms with E-state index in [1.165, 1.54) is 28.9 Å². The van der Waals surface area contributed by atoms with Gasteiger partial charge in [-0.05, 0) is 54.8 Å². The predicted molar refractivity (Wildman–Crippen MR) is 125 cm³/mol. The van der Waals surface area contributed by atoms with Crippen molar-refractivity contribution in [2.45, 2.75) is 13.5 Å². The van der Waals surface area contributed by atoms with Gasteiger partial charge >= 0.3 is 0 Å². The molecular formula is C23H20N4O4S. The second kappa shape index (κ2) is 9.03. The lowest BCUT2D eigenvalue weighted by molar-refractivity contribution is -0.384. The Bertz CT molecular complexity index is 1320. The number of hydrogen-bond donors (Lipinski definition) is 1. The van der Waals surface area contributed by atoms with Gasteiger partial charge in [0.2, 0.25) is 0 Å². The third-order valence-electron chi connectivity index (χ3n) is 5.00. The SMILES string of the molecule is COc1ccc(-c2[nH]n(-c3ccc([N+](=O)[O-])cc3)c(=O)c2C(C)=NCc2cccs2)cc1. The number of hydrogen-bond acceptors (Lipinski definition) is 6. The third-order valence-corrected chi connectivity index (χ3v) is 5.86. The summed E-state index contributed by atoms with van der Waals surface area (Å²) in [6.45, 7) is 2.29. The number of thiophene rings is 1. The van der Waals surface area contributed by atoms with E-state index in [0.717, 1.165) is 10.4 Å². The highest BCUT2D eigenvalue weighted by atomic mass is 32.1. The second-order valence-electron chi connectivity index (χ2n) is 6.99. The highest BCUT2D eigenvalue weighted by Crippen LogP contribution is 2.25. The Morgan fingerprint density at radius 2 is 1.88 bits per heavy atom. The highest BCUT2D eigenvalue weighted by molar-refractivity contribution is 7.09. The molecule has 9 heteroatoms. The predicted octanol–water partition coefficient (Wildman–Crippen LogP) is 4.82. The Hall–Kier alpha value is -3.98. The molecule has 0 bridgehead atoms. The second-order valence-corrected chi connectivity index (χ2v) is 8.02. The van der Waals surface area contributed by atoms with Crippen LogP contribution in [0.3, 0.4) is 0 Å². The number of aromatic nitrogens is 2. The minimum absolute atomic E-state index is 0.0438. The fourth-order valence-corrected chi connectivity index (χ4v) is 3.95. The molecule has 162 valence electrons. The van der Waals surface area contributed by atoms with Crippen molar-refractivity contribution >= 4 is 22.7 Å². The largest absolute Gasteiger partial charge is 0.497 e. The van der Waals surface area contributed by atoms with E-state index in [1.807, 2.05) is 48.7 Å². The molecule has 2 heterocycles. The van der Waals surface area contributed by atoms with Crippen LogP contribution in [0, 0.1) is 10.1 Å². The molecule has 1 N–H and O–H groups in total. The molecular weight excluding hydrogens is 428 g/mol. The van der Waals surface area contributed by atoms with E-state index in [1.54, 1.807) is 18.4 Å². The fraction of sp³-hybridized carbons (Fsp3) is 0.130. The molecule has 0 saturated carbocycles. The van der Waals surface area contributed by atoms with E-state index in [9.17, 15) is 14.9 Å². The zero-order valence-corrected chi connectivity index (χ0v) is 18.3. The normalized spacial score (nSPS) is 11.5. The van der Waals surface area contributed by atoms with Gasteiger partial charge in [0.05, 0.1) is 35.5 Å². The molecule has 0 aliphatic carbocycles. The molecule has 32 heavy (non-hydrogen) atoms. The fourth-order valence-electron chi connectivity index (χ4n) is 3.32. The van der Waals surface area contributed by atoms with Crippen LogP contribution in [0.15, 0.2) is 75.8 Å². The maximum atomic E-state index is 13.4. The molecule has 4 rings (SSSR count). The van der Waals surface area contributed by atoms with Gasteiger partial charge < -0.3 is 4.74 Å². The molecule has 0 saturated heterocycles. The summed E-state index contributed by atoms with van der Waals surface area (Å²) < 4.78 is 6.61. The van der Waals surface area contributed by atoms with Crippen molar-refractivity contribution in [1.82, 2.24) is 9.78 Å². The average Bonchev–Trinajstić information content (AvgIpc) is 3.45. The lowest BCUT2D eigenvalue weighted by Crippen LogP contribution is -2.19. The summed E-state index contributed by atoms with van der Waals surface area (Å²) in [5.41, 5.74) is 2.63. The number of aromatic amines is 1. The molecule has 0 atom stereocenters. The molecule has 8 nitrogen and oxygen atoms in total. The summed E-state index contributed by atoms with van der Waals surface area (Å²) in [6.07, 6.45) is 0. The van der Waals surface area contributed by atoms with Gasteiger partial charge in [0.1, 0.15) is 5.75 Å². The van der Waals surface area contributed by atoms with Gasteiger partial charge in [-0.1, -0.05) is 6.07 Å². The van der Waals surface area contributed by atoms with E-state index >= 15 is 0 Å². The van der Waals surface area contributed by atoms with Crippen LogP contribution in [0.1, 0.15) is 17.4 Å². The Labute approximate surface area is 187 Å². The van der Waals surface area contributed by atoms with Gasteiger partial charge in [0, 0.05) is 28.3 Å². The number of rotatable bonds is 7. The molecule has 0 unspecified atom stereocenters. The molecule has 0 aliphatic rings. The van der Waals surface area contributed by atoms with E-state index in [-0.39, 0.29) is 11.2 Å². The number of nitro benzene ring substituents is 1. The zero-order valence-electron chi connectivity index (χ0n) is 17.4. The first-order chi connectivity index (χ1) is 15.5. The van der Waals surface area contributed by atoms with Crippen molar-refractivity contribution < 1.29 is 9.66 Å². The van der Waals surface area contributed by atoms with Crippen molar-refractivity contribution in [3.8, 4) is 22.7 Å². The first kappa shape index (κ1) is 21.3. The molecule has 2 aromatic heterocycles. The lowest BCUT2D eigenvalue weighted by Gasteiger charge is -2.05. The molecule has 0 aliphatic heterocycles. The smallest absolute Gasteiger partial charge is 0.280 e. The Morgan fingerprint density at radius 3 is 2.47 bits per heavy atom. The topological polar surface area (TPSA) is 103 Å². The van der Waals surface area contributed by atoms with Crippen LogP contribution in [0.5, 0.6) is 5.75 Å². The summed E-state index contributed by atoms with van der Waals surface area (Å²) in [5, 5.41) is 16.1. The van der Waals surface area contributed by atoms with Crippen LogP contribution in [0.4, 0.5) is 5.69 Å². The molecule has 4 aromatic rings. The van der Waals surface area contributed by atoms with Crippen molar-refractivity contribution in [3.05, 3.63) is 97.0 Å². The van der Waals surface area contributed by atoms with Crippen molar-refractivity contribution in [2.24, 2.45) is 4.99 Å². The lowest BCUT2D eigenvalue weighted by atomic mass is 10.1. The van der Waals surface area contributed by atoms with Crippen LogP contribution in [0.25, 0.3) is 16.9 Å². The van der Waals surface area contributed by atoms with Crippen LogP contribution in [0.2, 0.25) is 0 Å². The summed E-state index contributed by atoms with van der Waals surface area (Å²) in [6, 6.07) is 17.1. The van der Waals surface area contributed by atoms with Crippen LogP contribution >= 0.6 is 11.3 Å². The molecule has 0 amide bonds. The number of non-ortho nitro benzene ring substituents is 1. The first-order valence-electron chi connectivity index (χ1n) is 9.76. The zero-order chi connectivity index (χ0) is 22.7. The van der Waals surface area contributed by atoms with Crippen molar-refractivity contribution in [3.63, 3.8) is 0 Å². The van der Waals surface area contributed by atoms with Crippen molar-refractivity contribution in [1.29, 1.82) is 0 Å². The molecule has 2 aromatic carbocycles. The maximum absolute atomic E-state index is 13.4. The summed E-state index contributed by atoms with van der Waals surface area (Å²) in [4.78, 5) is 29.6. The number of ether oxygens (including phenoxy) is 1. The van der Waals surface area contributed by atoms with Crippen molar-refractivity contribution in [2.75, 3.05) is 7.11 Å². The quantitative estimate of drug-likeness (QED) is 0.249. The number of aliphatic imine (C=N–C) groups is 1. The molecule has 0 fully saturated rings. The Morgan fingerprint density at radius 1 is 1.16 bits per heavy atom. The minimum Gasteiger partial charge on any atom is -0.497 e. The van der Waals surface area contributed by atoms with Gasteiger partial charge in [0.15, 0.2) is 0 Å². The first-order valence-corrected chi connectivity index (χ1v) is 10.6. The van der Waals surface area contributed by atoms with Gasteiger partial charge in [-0.15, -0.1) is 11.3 Å². The third kappa shape index (κ3) is 4.23. The number of H-pyrrole nitrogens is 1. The number of benzene rings is 2. The van der Waals surface area contributed by atoms with Crippen LogP contribution < -0.4 is 10.3 Å². The molecule has 0 radical (unpaired) electrons. The van der Waals surface area contributed by atoms with Gasteiger partial charge in [-0.3, -0.25) is 25.0 Å². The maximum Gasteiger partial charge on any atom is 0.280 e. The number of nitrogens with zero attached hydrogens (tertiary/aromatic N) is 3. The number of nitro groups is 1. The Kier molecular flexibility index (Phi) is 6.00. The van der Waals surface area contributed by atoms with E-state index < -0.39 is 4.92 Å². The summed E-state index contributed by atoms with van der Waals surface area (Å²) in [7, 11) is 1.59. The average molecular weight is 449 g/mol. The number of nitrogens with one attached hydrogen (secondary N) is 1. The summed E-state index contributed by atoms with van der Waals surface area (Å²) >= 11 is 1.61. The van der Waals surface area contributed by atoms with E-state index in [2.05, 4.69) is 10.1 Å². The van der Waals surface area contributed by atoms with Crippen LogP contribution in [-0.2, 0) is 6.54 Å². The minimum atomic E-state index is -0.475. The van der Waals surface area contributed by atoms with Crippen LogP contribution in [-0.4, -0.2) is 27.5 Å². The standard InChI is InChI=1S/C23H20N4O4S/c1-15(24-14-20-4-3-13-32-20)21-22(16-5-11-19(31-2)12-6-16)25-26(23(21)28)17-7-9-18(10-8-17)27(29)30/h3-13,25H,14H2,1-2H3. The van der Waals surface area contributed by atoms with E-state index in [0.29, 0.717) is 35.0 Å².